The Hall–Kier alpha value is -1.71. The topological polar surface area (TPSA) is 69.6 Å². The van der Waals surface area contributed by atoms with Crippen molar-refractivity contribution in [3.63, 3.8) is 0 Å². The Morgan fingerprint density at radius 1 is 1.32 bits per heavy atom. The van der Waals surface area contributed by atoms with Crippen LogP contribution in [0.4, 0.5) is 22.0 Å². The van der Waals surface area contributed by atoms with E-state index in [4.69, 9.17) is 0 Å². The van der Waals surface area contributed by atoms with Gasteiger partial charge in [-0.2, -0.15) is 13.2 Å². The Morgan fingerprint density at radius 3 is 2.28 bits per heavy atom. The minimum Gasteiger partial charge on any atom is -0.379 e. The summed E-state index contributed by atoms with van der Waals surface area (Å²) in [5.41, 5.74) is -3.31. The maximum atomic E-state index is 13.3. The van der Waals surface area contributed by atoms with Gasteiger partial charge in [0.05, 0.1) is 13.1 Å². The molecule has 1 fully saturated rings. The fourth-order valence-corrected chi connectivity index (χ4v) is 2.73. The number of hydrogen-bond donors (Lipinski definition) is 2. The van der Waals surface area contributed by atoms with Crippen LogP contribution in [0.2, 0.25) is 0 Å². The smallest absolute Gasteiger partial charge is 0.379 e. The van der Waals surface area contributed by atoms with Gasteiger partial charge in [0, 0.05) is 19.9 Å². The molecule has 2 N–H and O–H groups in total. The van der Waals surface area contributed by atoms with Gasteiger partial charge in [-0.1, -0.05) is 6.58 Å². The molecule has 0 aromatic heterocycles. The molecule has 0 radical (unpaired) electrons. The molecular formula is C15H21F5N2O3. The largest absolute Gasteiger partial charge is 0.419 e. The highest BCUT2D eigenvalue weighted by molar-refractivity contribution is 5.90. The molecule has 5 nitrogen and oxygen atoms in total. The van der Waals surface area contributed by atoms with E-state index in [9.17, 15) is 36.6 Å². The molecule has 1 saturated carbocycles. The first-order valence-electron chi connectivity index (χ1n) is 7.63. The minimum atomic E-state index is -5.10. The molecule has 1 atom stereocenters. The van der Waals surface area contributed by atoms with Crippen LogP contribution in [0.5, 0.6) is 0 Å². The first-order chi connectivity index (χ1) is 11.3. The van der Waals surface area contributed by atoms with Crippen molar-refractivity contribution in [2.45, 2.75) is 43.4 Å². The summed E-state index contributed by atoms with van der Waals surface area (Å²) in [6.45, 7) is 1.52. The number of alkyl halides is 5. The SMILES string of the molecule is C=CC(=O)N(C)CC(=O)NCC(O)(C1CCC(F)(F)CC1)C(F)(F)F. The molecule has 1 aliphatic rings. The number of likely N-dealkylation sites (N-methyl/N-ethyl adjacent to an activating group) is 1. The second-order valence-corrected chi connectivity index (χ2v) is 6.23. The van der Waals surface area contributed by atoms with Crippen molar-refractivity contribution in [1.29, 1.82) is 0 Å². The Labute approximate surface area is 141 Å². The van der Waals surface area contributed by atoms with E-state index >= 15 is 0 Å². The number of aliphatic hydroxyl groups is 1. The van der Waals surface area contributed by atoms with Crippen molar-refractivity contribution >= 4 is 11.8 Å². The molecule has 0 bridgehead atoms. The Balaban J connectivity index is 2.75. The van der Waals surface area contributed by atoms with Crippen LogP contribution in [0.25, 0.3) is 0 Å². The fraction of sp³-hybridized carbons (Fsp3) is 0.733. The second-order valence-electron chi connectivity index (χ2n) is 6.23. The highest BCUT2D eigenvalue weighted by atomic mass is 19.4. The first-order valence-corrected chi connectivity index (χ1v) is 7.63. The van der Waals surface area contributed by atoms with Gasteiger partial charge in [-0.3, -0.25) is 9.59 Å². The van der Waals surface area contributed by atoms with Crippen LogP contribution in [-0.4, -0.2) is 59.7 Å². The summed E-state index contributed by atoms with van der Waals surface area (Å²) in [4.78, 5) is 23.9. The molecule has 25 heavy (non-hydrogen) atoms. The summed E-state index contributed by atoms with van der Waals surface area (Å²) < 4.78 is 66.2. The van der Waals surface area contributed by atoms with Crippen molar-refractivity contribution in [3.8, 4) is 0 Å². The van der Waals surface area contributed by atoms with Crippen LogP contribution >= 0.6 is 0 Å². The van der Waals surface area contributed by atoms with Crippen molar-refractivity contribution in [3.05, 3.63) is 12.7 Å². The first kappa shape index (κ1) is 21.3. The van der Waals surface area contributed by atoms with E-state index < -0.39 is 74.2 Å². The van der Waals surface area contributed by atoms with Crippen molar-refractivity contribution < 1.29 is 36.6 Å². The molecule has 0 aromatic rings. The van der Waals surface area contributed by atoms with E-state index in [1.165, 1.54) is 7.05 Å². The monoisotopic (exact) mass is 372 g/mol. The fourth-order valence-electron chi connectivity index (χ4n) is 2.73. The standard InChI is InChI=1S/C15H21F5N2O3/c1-3-12(24)22(2)8-11(23)21-9-14(25,15(18,19)20)10-4-6-13(16,17)7-5-10/h3,10,25H,1,4-9H2,2H3,(H,21,23). The lowest BCUT2D eigenvalue weighted by Gasteiger charge is -2.41. The van der Waals surface area contributed by atoms with Crippen molar-refractivity contribution in [2.75, 3.05) is 20.1 Å². The maximum absolute atomic E-state index is 13.3. The number of hydrogen-bond acceptors (Lipinski definition) is 3. The number of carbonyl (C=O) groups is 2. The average Bonchev–Trinajstić information content (AvgIpc) is 2.50. The van der Waals surface area contributed by atoms with E-state index in [1.54, 1.807) is 0 Å². The summed E-state index contributed by atoms with van der Waals surface area (Å²) in [6.07, 6.45) is -6.68. The Kier molecular flexibility index (Phi) is 6.55. The third-order valence-corrected chi connectivity index (χ3v) is 4.37. The summed E-state index contributed by atoms with van der Waals surface area (Å²) in [5, 5.41) is 12.0. The lowest BCUT2D eigenvalue weighted by Crippen LogP contribution is -2.60. The van der Waals surface area contributed by atoms with Crippen LogP contribution in [0.1, 0.15) is 25.7 Å². The predicted molar refractivity (Wildman–Crippen MR) is 78.8 cm³/mol. The van der Waals surface area contributed by atoms with Gasteiger partial charge >= 0.3 is 6.18 Å². The van der Waals surface area contributed by atoms with E-state index in [2.05, 4.69) is 6.58 Å². The number of nitrogens with one attached hydrogen (secondary N) is 1. The zero-order valence-electron chi connectivity index (χ0n) is 13.7. The molecule has 0 heterocycles. The molecule has 0 saturated heterocycles. The molecule has 0 aliphatic heterocycles. The van der Waals surface area contributed by atoms with Crippen molar-refractivity contribution in [1.82, 2.24) is 10.2 Å². The van der Waals surface area contributed by atoms with E-state index in [-0.39, 0.29) is 0 Å². The molecule has 144 valence electrons. The molecule has 0 aromatic carbocycles. The number of carbonyl (C=O) groups excluding carboxylic acids is 2. The van der Waals surface area contributed by atoms with Gasteiger partial charge in [0.2, 0.25) is 17.7 Å². The van der Waals surface area contributed by atoms with Gasteiger partial charge in [0.25, 0.3) is 0 Å². The number of rotatable bonds is 6. The lowest BCUT2D eigenvalue weighted by molar-refractivity contribution is -0.283. The van der Waals surface area contributed by atoms with Gasteiger partial charge in [0.15, 0.2) is 5.60 Å². The highest BCUT2D eigenvalue weighted by Crippen LogP contribution is 2.46. The summed E-state index contributed by atoms with van der Waals surface area (Å²) >= 11 is 0. The number of halogens is 5. The Morgan fingerprint density at radius 2 is 1.84 bits per heavy atom. The Bertz CT molecular complexity index is 514. The zero-order valence-corrected chi connectivity index (χ0v) is 13.7. The highest BCUT2D eigenvalue weighted by Gasteiger charge is 2.59. The van der Waals surface area contributed by atoms with Gasteiger partial charge in [0.1, 0.15) is 0 Å². The normalized spacial score (nSPS) is 20.4. The van der Waals surface area contributed by atoms with Gasteiger partial charge in [-0.05, 0) is 24.8 Å². The summed E-state index contributed by atoms with van der Waals surface area (Å²) in [7, 11) is 1.25. The van der Waals surface area contributed by atoms with E-state index in [0.29, 0.717) is 0 Å². The maximum Gasteiger partial charge on any atom is 0.419 e. The lowest BCUT2D eigenvalue weighted by atomic mass is 9.75. The number of nitrogens with zero attached hydrogens (tertiary/aromatic N) is 1. The molecule has 1 unspecified atom stereocenters. The minimum absolute atomic E-state index is 0.506. The zero-order chi connectivity index (χ0) is 19.5. The predicted octanol–water partition coefficient (Wildman–Crippen LogP) is 1.87. The number of amides is 2. The third kappa shape index (κ3) is 5.38. The molecular weight excluding hydrogens is 351 g/mol. The molecule has 0 spiro atoms. The second kappa shape index (κ2) is 7.67. The van der Waals surface area contributed by atoms with Gasteiger partial charge < -0.3 is 15.3 Å². The van der Waals surface area contributed by atoms with Crippen LogP contribution in [0, 0.1) is 5.92 Å². The van der Waals surface area contributed by atoms with Crippen LogP contribution in [0.3, 0.4) is 0 Å². The summed E-state index contributed by atoms with van der Waals surface area (Å²) in [6, 6.07) is 0. The summed E-state index contributed by atoms with van der Waals surface area (Å²) in [5.74, 6) is -6.00. The van der Waals surface area contributed by atoms with Crippen LogP contribution < -0.4 is 5.32 Å². The van der Waals surface area contributed by atoms with Gasteiger partial charge in [-0.25, -0.2) is 8.78 Å². The van der Waals surface area contributed by atoms with E-state index in [0.717, 1.165) is 11.0 Å². The van der Waals surface area contributed by atoms with Gasteiger partial charge in [-0.15, -0.1) is 0 Å². The molecule has 10 heteroatoms. The molecule has 1 aliphatic carbocycles. The quantitative estimate of drug-likeness (QED) is 0.552. The van der Waals surface area contributed by atoms with Crippen LogP contribution in [-0.2, 0) is 9.59 Å². The molecule has 2 amide bonds. The average molecular weight is 372 g/mol. The van der Waals surface area contributed by atoms with Crippen LogP contribution in [0.15, 0.2) is 12.7 Å². The van der Waals surface area contributed by atoms with E-state index in [1.807, 2.05) is 5.32 Å². The molecule has 1 rings (SSSR count). The van der Waals surface area contributed by atoms with Crippen molar-refractivity contribution in [2.24, 2.45) is 5.92 Å². The third-order valence-electron chi connectivity index (χ3n) is 4.37.